The van der Waals surface area contributed by atoms with Gasteiger partial charge >= 0.3 is 0 Å². The lowest BCUT2D eigenvalue weighted by Gasteiger charge is -2.21. The number of nitrogens with two attached hydrogens (primary N) is 1. The van der Waals surface area contributed by atoms with E-state index in [1.807, 2.05) is 0 Å². The Bertz CT molecular complexity index is 314. The van der Waals surface area contributed by atoms with Gasteiger partial charge in [-0.2, -0.15) is 0 Å². The third-order valence-electron chi connectivity index (χ3n) is 3.43. The average Bonchev–Trinajstić information content (AvgIpc) is 2.58. The van der Waals surface area contributed by atoms with E-state index in [2.05, 4.69) is 29.2 Å². The predicted octanol–water partition coefficient (Wildman–Crippen LogP) is 2.52. The number of hydrogen-bond donors (Lipinski definition) is 1. The molecule has 1 fully saturated rings. The van der Waals surface area contributed by atoms with Crippen molar-refractivity contribution in [1.82, 2.24) is 4.90 Å². The molecule has 2 heteroatoms. The van der Waals surface area contributed by atoms with Crippen molar-refractivity contribution < 1.29 is 0 Å². The second-order valence-corrected chi connectivity index (χ2v) is 4.66. The smallest absolute Gasteiger partial charge is 0.0236 e. The Balaban J connectivity index is 2.01. The molecule has 1 aromatic rings. The van der Waals surface area contributed by atoms with Gasteiger partial charge in [-0.15, -0.1) is 0 Å². The topological polar surface area (TPSA) is 29.3 Å². The maximum absolute atomic E-state index is 5.77. The number of likely N-dealkylation sites (tertiary alicyclic amines) is 1. The quantitative estimate of drug-likeness (QED) is 0.844. The summed E-state index contributed by atoms with van der Waals surface area (Å²) in [6.45, 7) is 4.23. The fourth-order valence-corrected chi connectivity index (χ4v) is 2.45. The molecule has 0 atom stereocenters. The number of nitrogens with zero attached hydrogens (tertiary/aromatic N) is 1. The van der Waals surface area contributed by atoms with Crippen LogP contribution in [0.25, 0.3) is 0 Å². The van der Waals surface area contributed by atoms with Crippen LogP contribution < -0.4 is 5.73 Å². The van der Waals surface area contributed by atoms with Crippen molar-refractivity contribution in [2.24, 2.45) is 5.73 Å². The molecule has 2 N–H and O–H groups in total. The second-order valence-electron chi connectivity index (χ2n) is 4.66. The van der Waals surface area contributed by atoms with Crippen LogP contribution in [0.5, 0.6) is 0 Å². The van der Waals surface area contributed by atoms with Gasteiger partial charge in [0.15, 0.2) is 0 Å². The first-order valence-corrected chi connectivity index (χ1v) is 6.39. The molecule has 0 saturated carbocycles. The summed E-state index contributed by atoms with van der Waals surface area (Å²) >= 11 is 0. The minimum atomic E-state index is 0.657. The Labute approximate surface area is 98.4 Å². The third-order valence-corrected chi connectivity index (χ3v) is 3.43. The summed E-state index contributed by atoms with van der Waals surface area (Å²) in [5.74, 6) is 0. The lowest BCUT2D eigenvalue weighted by atomic mass is 10.1. The van der Waals surface area contributed by atoms with E-state index in [1.165, 1.54) is 49.9 Å². The lowest BCUT2D eigenvalue weighted by molar-refractivity contribution is 0.276. The van der Waals surface area contributed by atoms with Gasteiger partial charge in [0.2, 0.25) is 0 Å². The molecule has 1 saturated heterocycles. The standard InChI is InChI=1S/C14H22N2/c15-11-13-7-3-4-8-14(13)12-16-9-5-1-2-6-10-16/h3-4,7-8H,1-2,5-6,9-12,15H2. The number of hydrogen-bond acceptors (Lipinski definition) is 2. The Morgan fingerprint density at radius 2 is 1.56 bits per heavy atom. The van der Waals surface area contributed by atoms with Crippen molar-refractivity contribution in [3.63, 3.8) is 0 Å². The highest BCUT2D eigenvalue weighted by molar-refractivity contribution is 5.26. The third kappa shape index (κ3) is 3.06. The summed E-state index contributed by atoms with van der Waals surface area (Å²) in [4.78, 5) is 2.57. The van der Waals surface area contributed by atoms with Crippen molar-refractivity contribution in [2.75, 3.05) is 13.1 Å². The maximum Gasteiger partial charge on any atom is 0.0236 e. The van der Waals surface area contributed by atoms with Gasteiger partial charge in [0.25, 0.3) is 0 Å². The molecular weight excluding hydrogens is 196 g/mol. The van der Waals surface area contributed by atoms with Crippen molar-refractivity contribution in [3.05, 3.63) is 35.4 Å². The van der Waals surface area contributed by atoms with E-state index in [-0.39, 0.29) is 0 Å². The number of rotatable bonds is 3. The van der Waals surface area contributed by atoms with Crippen LogP contribution >= 0.6 is 0 Å². The molecule has 0 aliphatic carbocycles. The van der Waals surface area contributed by atoms with Crippen LogP contribution in [-0.4, -0.2) is 18.0 Å². The van der Waals surface area contributed by atoms with Crippen LogP contribution in [0.3, 0.4) is 0 Å². The highest BCUT2D eigenvalue weighted by Crippen LogP contribution is 2.15. The van der Waals surface area contributed by atoms with E-state index in [0.29, 0.717) is 6.54 Å². The molecule has 1 aromatic carbocycles. The highest BCUT2D eigenvalue weighted by Gasteiger charge is 2.10. The molecule has 2 rings (SSSR count). The van der Waals surface area contributed by atoms with Crippen molar-refractivity contribution >= 4 is 0 Å². The molecule has 2 nitrogen and oxygen atoms in total. The Kier molecular flexibility index (Phi) is 4.37. The summed E-state index contributed by atoms with van der Waals surface area (Å²) in [5, 5.41) is 0. The molecule has 1 aliphatic heterocycles. The van der Waals surface area contributed by atoms with Crippen LogP contribution in [0, 0.1) is 0 Å². The summed E-state index contributed by atoms with van der Waals surface area (Å²) in [5.41, 5.74) is 8.48. The fraction of sp³-hybridized carbons (Fsp3) is 0.571. The van der Waals surface area contributed by atoms with Gasteiger partial charge in [-0.1, -0.05) is 37.1 Å². The largest absolute Gasteiger partial charge is 0.326 e. The van der Waals surface area contributed by atoms with Gasteiger partial charge in [-0.05, 0) is 37.1 Å². The second kappa shape index (κ2) is 6.02. The van der Waals surface area contributed by atoms with Gasteiger partial charge in [0, 0.05) is 13.1 Å². The minimum Gasteiger partial charge on any atom is -0.326 e. The first-order chi connectivity index (χ1) is 7.90. The molecule has 0 bridgehead atoms. The molecule has 1 aliphatic rings. The van der Waals surface area contributed by atoms with Gasteiger partial charge in [-0.25, -0.2) is 0 Å². The van der Waals surface area contributed by atoms with Crippen LogP contribution in [0.15, 0.2) is 24.3 Å². The zero-order chi connectivity index (χ0) is 11.2. The van der Waals surface area contributed by atoms with E-state index in [4.69, 9.17) is 5.73 Å². The average molecular weight is 218 g/mol. The summed E-state index contributed by atoms with van der Waals surface area (Å²) in [7, 11) is 0. The molecule has 0 radical (unpaired) electrons. The van der Waals surface area contributed by atoms with Crippen LogP contribution in [0.2, 0.25) is 0 Å². The summed E-state index contributed by atoms with van der Waals surface area (Å²) < 4.78 is 0. The van der Waals surface area contributed by atoms with Gasteiger partial charge in [0.1, 0.15) is 0 Å². The monoisotopic (exact) mass is 218 g/mol. The van der Waals surface area contributed by atoms with E-state index >= 15 is 0 Å². The van der Waals surface area contributed by atoms with Gasteiger partial charge < -0.3 is 5.73 Å². The summed E-state index contributed by atoms with van der Waals surface area (Å²) in [6.07, 6.45) is 5.50. The van der Waals surface area contributed by atoms with E-state index < -0.39 is 0 Å². The maximum atomic E-state index is 5.77. The highest BCUT2D eigenvalue weighted by atomic mass is 15.1. The van der Waals surface area contributed by atoms with Crippen LogP contribution in [-0.2, 0) is 13.1 Å². The van der Waals surface area contributed by atoms with Crippen molar-refractivity contribution in [3.8, 4) is 0 Å². The molecule has 16 heavy (non-hydrogen) atoms. The number of benzene rings is 1. The van der Waals surface area contributed by atoms with Crippen LogP contribution in [0.4, 0.5) is 0 Å². The Hall–Kier alpha value is -0.860. The van der Waals surface area contributed by atoms with Crippen molar-refractivity contribution in [1.29, 1.82) is 0 Å². The SMILES string of the molecule is NCc1ccccc1CN1CCCCCC1. The Morgan fingerprint density at radius 3 is 2.19 bits per heavy atom. The van der Waals surface area contributed by atoms with Gasteiger partial charge in [0.05, 0.1) is 0 Å². The molecular formula is C14H22N2. The lowest BCUT2D eigenvalue weighted by Crippen LogP contribution is -2.24. The molecule has 1 heterocycles. The molecule has 0 amide bonds. The molecule has 0 spiro atoms. The molecule has 0 unspecified atom stereocenters. The summed E-state index contributed by atoms with van der Waals surface area (Å²) in [6, 6.07) is 8.56. The molecule has 0 aromatic heterocycles. The Morgan fingerprint density at radius 1 is 0.938 bits per heavy atom. The fourth-order valence-electron chi connectivity index (χ4n) is 2.45. The first-order valence-electron chi connectivity index (χ1n) is 6.39. The van der Waals surface area contributed by atoms with Gasteiger partial charge in [-0.3, -0.25) is 4.90 Å². The van der Waals surface area contributed by atoms with Crippen molar-refractivity contribution in [2.45, 2.75) is 38.8 Å². The predicted molar refractivity (Wildman–Crippen MR) is 68.1 cm³/mol. The molecule has 88 valence electrons. The zero-order valence-electron chi connectivity index (χ0n) is 9.99. The first kappa shape index (κ1) is 11.6. The zero-order valence-corrected chi connectivity index (χ0v) is 9.99. The van der Waals surface area contributed by atoms with E-state index in [9.17, 15) is 0 Å². The van der Waals surface area contributed by atoms with E-state index in [1.54, 1.807) is 0 Å². The van der Waals surface area contributed by atoms with E-state index in [0.717, 1.165) is 6.54 Å². The van der Waals surface area contributed by atoms with Crippen LogP contribution in [0.1, 0.15) is 36.8 Å². The minimum absolute atomic E-state index is 0.657. The normalized spacial score (nSPS) is 18.3.